The van der Waals surface area contributed by atoms with Crippen LogP contribution in [0.5, 0.6) is 5.75 Å². The van der Waals surface area contributed by atoms with Gasteiger partial charge in [-0.2, -0.15) is 0 Å². The highest BCUT2D eigenvalue weighted by Crippen LogP contribution is 2.24. The molecule has 0 bridgehead atoms. The molecule has 116 valence electrons. The minimum atomic E-state index is 0.178. The molecule has 0 aromatic heterocycles. The average molecular weight is 297 g/mol. The third-order valence-electron chi connectivity index (χ3n) is 4.10. The first-order valence-corrected chi connectivity index (χ1v) is 7.96. The molecule has 1 atom stereocenters. The first-order chi connectivity index (χ1) is 10.8. The second-order valence-electron chi connectivity index (χ2n) is 5.60. The van der Waals surface area contributed by atoms with Crippen molar-refractivity contribution in [3.05, 3.63) is 65.7 Å². The summed E-state index contributed by atoms with van der Waals surface area (Å²) in [5.74, 6) is 0.899. The van der Waals surface area contributed by atoms with Crippen LogP contribution in [0.15, 0.2) is 54.6 Å². The third kappa shape index (κ3) is 3.87. The smallest absolute Gasteiger partial charge is 0.119 e. The van der Waals surface area contributed by atoms with Crippen LogP contribution in [0, 0.1) is 0 Å². The van der Waals surface area contributed by atoms with Gasteiger partial charge in [0.2, 0.25) is 0 Å². The van der Waals surface area contributed by atoms with Crippen LogP contribution in [-0.4, -0.2) is 31.1 Å². The Kier molecular flexibility index (Phi) is 5.09. The number of ether oxygens (including phenoxy) is 2. The maximum atomic E-state index is 5.88. The molecule has 22 heavy (non-hydrogen) atoms. The summed E-state index contributed by atoms with van der Waals surface area (Å²) in [7, 11) is 0. The zero-order valence-electron chi connectivity index (χ0n) is 13.1. The van der Waals surface area contributed by atoms with E-state index in [0.717, 1.165) is 32.0 Å². The Hall–Kier alpha value is -1.84. The van der Waals surface area contributed by atoms with Gasteiger partial charge in [0.1, 0.15) is 12.4 Å². The standard InChI is InChI=1S/C19H23NO2/c1-2-20-12-13-21-19(14-20)17-8-10-18(11-9-17)22-15-16-6-4-3-5-7-16/h3-11,19H,2,12-15H2,1H3/t19-/m0/s1. The average Bonchev–Trinajstić information content (AvgIpc) is 2.61. The molecular weight excluding hydrogens is 274 g/mol. The highest BCUT2D eigenvalue weighted by Gasteiger charge is 2.20. The number of likely N-dealkylation sites (N-methyl/N-ethyl adjacent to an activating group) is 1. The molecular formula is C19H23NO2. The van der Waals surface area contributed by atoms with Gasteiger partial charge in [-0.15, -0.1) is 0 Å². The summed E-state index contributed by atoms with van der Waals surface area (Å²) in [4.78, 5) is 2.42. The molecule has 0 radical (unpaired) electrons. The number of morpholine rings is 1. The van der Waals surface area contributed by atoms with Gasteiger partial charge in [0.05, 0.1) is 12.7 Å². The Bertz CT molecular complexity index is 568. The second-order valence-corrected chi connectivity index (χ2v) is 5.60. The van der Waals surface area contributed by atoms with Crippen LogP contribution in [0.2, 0.25) is 0 Å². The highest BCUT2D eigenvalue weighted by molar-refractivity contribution is 5.29. The zero-order chi connectivity index (χ0) is 15.2. The molecule has 2 aromatic rings. The molecule has 1 aliphatic heterocycles. The van der Waals surface area contributed by atoms with Crippen molar-refractivity contribution in [1.29, 1.82) is 0 Å². The number of nitrogens with zero attached hydrogens (tertiary/aromatic N) is 1. The summed E-state index contributed by atoms with van der Waals surface area (Å²) in [5, 5.41) is 0. The number of rotatable bonds is 5. The van der Waals surface area contributed by atoms with Crippen molar-refractivity contribution in [2.45, 2.75) is 19.6 Å². The molecule has 1 fully saturated rings. The molecule has 0 aliphatic carbocycles. The lowest BCUT2D eigenvalue weighted by atomic mass is 10.1. The van der Waals surface area contributed by atoms with E-state index in [1.54, 1.807) is 0 Å². The molecule has 2 aromatic carbocycles. The van der Waals surface area contributed by atoms with Crippen molar-refractivity contribution in [3.63, 3.8) is 0 Å². The lowest BCUT2D eigenvalue weighted by Crippen LogP contribution is -2.37. The molecule has 0 unspecified atom stereocenters. The maximum absolute atomic E-state index is 5.88. The van der Waals surface area contributed by atoms with E-state index in [2.05, 4.69) is 36.1 Å². The van der Waals surface area contributed by atoms with Gasteiger partial charge in [-0.1, -0.05) is 49.4 Å². The van der Waals surface area contributed by atoms with Gasteiger partial charge >= 0.3 is 0 Å². The van der Waals surface area contributed by atoms with Crippen LogP contribution in [0.3, 0.4) is 0 Å². The van der Waals surface area contributed by atoms with E-state index in [4.69, 9.17) is 9.47 Å². The number of hydrogen-bond donors (Lipinski definition) is 0. The van der Waals surface area contributed by atoms with Crippen LogP contribution < -0.4 is 4.74 Å². The largest absolute Gasteiger partial charge is 0.489 e. The molecule has 3 heteroatoms. The Morgan fingerprint density at radius 3 is 2.59 bits per heavy atom. The van der Waals surface area contributed by atoms with Gasteiger partial charge in [0.15, 0.2) is 0 Å². The van der Waals surface area contributed by atoms with Crippen LogP contribution in [-0.2, 0) is 11.3 Å². The third-order valence-corrected chi connectivity index (χ3v) is 4.10. The minimum Gasteiger partial charge on any atom is -0.489 e. The summed E-state index contributed by atoms with van der Waals surface area (Å²) in [5.41, 5.74) is 2.41. The predicted molar refractivity (Wildman–Crippen MR) is 88.0 cm³/mol. The van der Waals surface area contributed by atoms with E-state index >= 15 is 0 Å². The second kappa shape index (κ2) is 7.43. The fraction of sp³-hybridized carbons (Fsp3) is 0.368. The highest BCUT2D eigenvalue weighted by atomic mass is 16.5. The van der Waals surface area contributed by atoms with Crippen LogP contribution >= 0.6 is 0 Å². The normalized spacial score (nSPS) is 19.0. The van der Waals surface area contributed by atoms with Gasteiger partial charge in [-0.05, 0) is 29.8 Å². The Morgan fingerprint density at radius 1 is 1.09 bits per heavy atom. The molecule has 1 heterocycles. The van der Waals surface area contributed by atoms with E-state index in [1.165, 1.54) is 11.1 Å². The van der Waals surface area contributed by atoms with Crippen molar-refractivity contribution in [3.8, 4) is 5.75 Å². The van der Waals surface area contributed by atoms with Crippen molar-refractivity contribution in [2.24, 2.45) is 0 Å². The van der Waals surface area contributed by atoms with Gasteiger partial charge in [0, 0.05) is 13.1 Å². The number of benzene rings is 2. The SMILES string of the molecule is CCN1CCO[C@H](c2ccc(OCc3ccccc3)cc2)C1. The van der Waals surface area contributed by atoms with E-state index in [-0.39, 0.29) is 6.10 Å². The van der Waals surface area contributed by atoms with E-state index in [1.807, 2.05) is 30.3 Å². The summed E-state index contributed by atoms with van der Waals surface area (Å²) >= 11 is 0. The molecule has 3 nitrogen and oxygen atoms in total. The Balaban J connectivity index is 1.58. The molecule has 0 N–H and O–H groups in total. The summed E-state index contributed by atoms with van der Waals surface area (Å²) in [6.45, 7) is 6.70. The zero-order valence-corrected chi connectivity index (χ0v) is 13.1. The molecule has 1 aliphatic rings. The summed E-state index contributed by atoms with van der Waals surface area (Å²) in [6.07, 6.45) is 0.178. The fourth-order valence-electron chi connectivity index (χ4n) is 2.71. The predicted octanol–water partition coefficient (Wildman–Crippen LogP) is 3.66. The van der Waals surface area contributed by atoms with Gasteiger partial charge < -0.3 is 9.47 Å². The Labute approximate surface area is 132 Å². The molecule has 1 saturated heterocycles. The van der Waals surface area contributed by atoms with Crippen molar-refractivity contribution in [2.75, 3.05) is 26.2 Å². The summed E-state index contributed by atoms with van der Waals surface area (Å²) in [6, 6.07) is 18.5. The van der Waals surface area contributed by atoms with Gasteiger partial charge in [-0.3, -0.25) is 4.90 Å². The minimum absolute atomic E-state index is 0.178. The van der Waals surface area contributed by atoms with Crippen LogP contribution in [0.1, 0.15) is 24.2 Å². The molecule has 3 rings (SSSR count). The quantitative estimate of drug-likeness (QED) is 0.840. The lowest BCUT2D eigenvalue weighted by molar-refractivity contribution is -0.0281. The lowest BCUT2D eigenvalue weighted by Gasteiger charge is -2.32. The number of hydrogen-bond acceptors (Lipinski definition) is 3. The Morgan fingerprint density at radius 2 is 1.86 bits per heavy atom. The first-order valence-electron chi connectivity index (χ1n) is 7.96. The van der Waals surface area contributed by atoms with Crippen molar-refractivity contribution < 1.29 is 9.47 Å². The molecule has 0 saturated carbocycles. The monoisotopic (exact) mass is 297 g/mol. The van der Waals surface area contributed by atoms with Crippen molar-refractivity contribution >= 4 is 0 Å². The molecule has 0 amide bonds. The van der Waals surface area contributed by atoms with Crippen molar-refractivity contribution in [1.82, 2.24) is 4.90 Å². The van der Waals surface area contributed by atoms with E-state index in [9.17, 15) is 0 Å². The first kappa shape index (κ1) is 15.1. The summed E-state index contributed by atoms with van der Waals surface area (Å²) < 4.78 is 11.7. The van der Waals surface area contributed by atoms with Crippen LogP contribution in [0.25, 0.3) is 0 Å². The topological polar surface area (TPSA) is 21.7 Å². The van der Waals surface area contributed by atoms with E-state index in [0.29, 0.717) is 6.61 Å². The van der Waals surface area contributed by atoms with Crippen LogP contribution in [0.4, 0.5) is 0 Å². The van der Waals surface area contributed by atoms with Gasteiger partial charge in [-0.25, -0.2) is 0 Å². The fourth-order valence-corrected chi connectivity index (χ4v) is 2.71. The molecule has 0 spiro atoms. The van der Waals surface area contributed by atoms with E-state index < -0.39 is 0 Å². The van der Waals surface area contributed by atoms with Gasteiger partial charge in [0.25, 0.3) is 0 Å². The maximum Gasteiger partial charge on any atom is 0.119 e.